The summed E-state index contributed by atoms with van der Waals surface area (Å²) in [6.45, 7) is 0. The average Bonchev–Trinajstić information content (AvgIpc) is 2.91. The first kappa shape index (κ1) is 14.5. The summed E-state index contributed by atoms with van der Waals surface area (Å²) in [6.07, 6.45) is 5.00. The van der Waals surface area contributed by atoms with Gasteiger partial charge in [-0.25, -0.2) is 0 Å². The fourth-order valence-electron chi connectivity index (χ4n) is 2.68. The predicted molar refractivity (Wildman–Crippen MR) is 75.3 cm³/mol. The molecule has 3 N–H and O–H groups in total. The van der Waals surface area contributed by atoms with Gasteiger partial charge in [0, 0.05) is 17.0 Å². The van der Waals surface area contributed by atoms with E-state index >= 15 is 0 Å². The van der Waals surface area contributed by atoms with Gasteiger partial charge in [0.1, 0.15) is 6.10 Å². The quantitative estimate of drug-likeness (QED) is 0.750. The number of aliphatic carboxylic acids is 1. The van der Waals surface area contributed by atoms with Crippen LogP contribution in [0.5, 0.6) is 0 Å². The van der Waals surface area contributed by atoms with E-state index in [0.29, 0.717) is 6.04 Å². The lowest BCUT2D eigenvalue weighted by Crippen LogP contribution is -2.44. The molecule has 1 aliphatic rings. The van der Waals surface area contributed by atoms with E-state index in [4.69, 9.17) is 5.11 Å². The summed E-state index contributed by atoms with van der Waals surface area (Å²) in [5, 5.41) is 24.6. The highest BCUT2D eigenvalue weighted by Crippen LogP contribution is 2.26. The van der Waals surface area contributed by atoms with Crippen LogP contribution in [0.15, 0.2) is 17.5 Å². The first-order valence-electron chi connectivity index (χ1n) is 6.86. The van der Waals surface area contributed by atoms with Gasteiger partial charge in [0.15, 0.2) is 0 Å². The number of aliphatic hydroxyl groups is 1. The molecule has 0 aliphatic heterocycles. The number of carboxylic acid groups (broad SMARTS) is 1. The third kappa shape index (κ3) is 4.30. The zero-order valence-electron chi connectivity index (χ0n) is 10.9. The summed E-state index contributed by atoms with van der Waals surface area (Å²) < 4.78 is 0. The number of aliphatic hydroxyl groups excluding tert-OH is 1. The van der Waals surface area contributed by atoms with Gasteiger partial charge in [-0.2, -0.15) is 0 Å². The van der Waals surface area contributed by atoms with E-state index in [9.17, 15) is 9.90 Å². The minimum atomic E-state index is -0.871. The molecule has 106 valence electrons. The summed E-state index contributed by atoms with van der Waals surface area (Å²) in [6, 6.07) is 3.67. The standard InChI is InChI=1S/C14H21NO3S/c16-13(17)9-11(14(18)12-7-4-8-19-12)15-10-5-2-1-3-6-10/h4,7-8,10-11,14-15,18H,1-3,5-6,9H2,(H,16,17). The number of nitrogens with one attached hydrogen (secondary N) is 1. The Hall–Kier alpha value is -0.910. The van der Waals surface area contributed by atoms with Crippen LogP contribution in [0.2, 0.25) is 0 Å². The van der Waals surface area contributed by atoms with E-state index in [1.807, 2.05) is 17.5 Å². The number of rotatable bonds is 6. The van der Waals surface area contributed by atoms with Crippen LogP contribution >= 0.6 is 11.3 Å². The Labute approximate surface area is 117 Å². The molecule has 1 aliphatic carbocycles. The highest BCUT2D eigenvalue weighted by Gasteiger charge is 2.27. The summed E-state index contributed by atoms with van der Waals surface area (Å²) in [5.41, 5.74) is 0. The van der Waals surface area contributed by atoms with Crippen LogP contribution in [0.3, 0.4) is 0 Å². The van der Waals surface area contributed by atoms with Gasteiger partial charge in [-0.1, -0.05) is 25.3 Å². The Bertz CT molecular complexity index is 387. The molecule has 2 rings (SSSR count). The monoisotopic (exact) mass is 283 g/mol. The fraction of sp³-hybridized carbons (Fsp3) is 0.643. The van der Waals surface area contributed by atoms with Gasteiger partial charge in [-0.3, -0.25) is 4.79 Å². The fourth-order valence-corrected chi connectivity index (χ4v) is 3.45. The summed E-state index contributed by atoms with van der Waals surface area (Å²) in [7, 11) is 0. The molecule has 0 spiro atoms. The summed E-state index contributed by atoms with van der Waals surface area (Å²) in [4.78, 5) is 11.8. The second kappa shape index (κ2) is 7.03. The highest BCUT2D eigenvalue weighted by atomic mass is 32.1. The average molecular weight is 283 g/mol. The minimum Gasteiger partial charge on any atom is -0.481 e. The third-order valence-electron chi connectivity index (χ3n) is 3.67. The van der Waals surface area contributed by atoms with Gasteiger partial charge in [0.25, 0.3) is 0 Å². The number of hydrogen-bond acceptors (Lipinski definition) is 4. The van der Waals surface area contributed by atoms with Crippen LogP contribution in [0, 0.1) is 0 Å². The van der Waals surface area contributed by atoms with Crippen LogP contribution in [0.4, 0.5) is 0 Å². The molecule has 0 radical (unpaired) electrons. The Morgan fingerprint density at radius 1 is 1.42 bits per heavy atom. The van der Waals surface area contributed by atoms with Crippen LogP contribution in [0.1, 0.15) is 49.5 Å². The van der Waals surface area contributed by atoms with Crippen LogP contribution in [0.25, 0.3) is 0 Å². The lowest BCUT2D eigenvalue weighted by Gasteiger charge is -2.30. The molecule has 2 atom stereocenters. The Kier molecular flexibility index (Phi) is 5.36. The molecule has 1 fully saturated rings. The zero-order valence-corrected chi connectivity index (χ0v) is 11.7. The van der Waals surface area contributed by atoms with E-state index in [1.54, 1.807) is 0 Å². The molecule has 0 bridgehead atoms. The number of hydrogen-bond donors (Lipinski definition) is 3. The van der Waals surface area contributed by atoms with Crippen molar-refractivity contribution < 1.29 is 15.0 Å². The normalized spacial score (nSPS) is 20.1. The molecule has 1 aromatic rings. The molecule has 1 saturated carbocycles. The van der Waals surface area contributed by atoms with Crippen molar-refractivity contribution in [3.05, 3.63) is 22.4 Å². The lowest BCUT2D eigenvalue weighted by atomic mass is 9.93. The van der Waals surface area contributed by atoms with Gasteiger partial charge in [0.2, 0.25) is 0 Å². The van der Waals surface area contributed by atoms with E-state index in [0.717, 1.165) is 17.7 Å². The van der Waals surface area contributed by atoms with Crippen molar-refractivity contribution in [2.24, 2.45) is 0 Å². The second-order valence-corrected chi connectivity index (χ2v) is 6.15. The van der Waals surface area contributed by atoms with Crippen LogP contribution in [-0.2, 0) is 4.79 Å². The molecule has 1 aromatic heterocycles. The van der Waals surface area contributed by atoms with E-state index in [2.05, 4.69) is 5.32 Å². The van der Waals surface area contributed by atoms with Gasteiger partial charge < -0.3 is 15.5 Å². The van der Waals surface area contributed by atoms with Gasteiger partial charge in [-0.15, -0.1) is 11.3 Å². The molecule has 0 aromatic carbocycles. The van der Waals surface area contributed by atoms with E-state index in [-0.39, 0.29) is 6.42 Å². The SMILES string of the molecule is O=C(O)CC(NC1CCCCC1)C(O)c1cccs1. The molecular formula is C14H21NO3S. The van der Waals surface area contributed by atoms with E-state index < -0.39 is 18.1 Å². The maximum atomic E-state index is 11.0. The van der Waals surface area contributed by atoms with Crippen molar-refractivity contribution in [1.29, 1.82) is 0 Å². The summed E-state index contributed by atoms with van der Waals surface area (Å²) in [5.74, 6) is -0.871. The second-order valence-electron chi connectivity index (χ2n) is 5.17. The molecule has 1 heterocycles. The van der Waals surface area contributed by atoms with E-state index in [1.165, 1.54) is 30.6 Å². The summed E-state index contributed by atoms with van der Waals surface area (Å²) >= 11 is 1.47. The highest BCUT2D eigenvalue weighted by molar-refractivity contribution is 7.10. The van der Waals surface area contributed by atoms with Crippen molar-refractivity contribution in [2.75, 3.05) is 0 Å². The third-order valence-corrected chi connectivity index (χ3v) is 4.61. The number of carbonyl (C=O) groups is 1. The van der Waals surface area contributed by atoms with Crippen molar-refractivity contribution in [1.82, 2.24) is 5.32 Å². The maximum Gasteiger partial charge on any atom is 0.305 e. The zero-order chi connectivity index (χ0) is 13.7. The molecule has 4 nitrogen and oxygen atoms in total. The molecule has 2 unspecified atom stereocenters. The maximum absolute atomic E-state index is 11.0. The van der Waals surface area contributed by atoms with Crippen molar-refractivity contribution in [3.8, 4) is 0 Å². The van der Waals surface area contributed by atoms with Crippen molar-refractivity contribution in [2.45, 2.75) is 56.7 Å². The molecule has 5 heteroatoms. The van der Waals surface area contributed by atoms with Crippen LogP contribution in [-0.4, -0.2) is 28.3 Å². The molecule has 19 heavy (non-hydrogen) atoms. The first-order valence-corrected chi connectivity index (χ1v) is 7.74. The van der Waals surface area contributed by atoms with Gasteiger partial charge >= 0.3 is 5.97 Å². The minimum absolute atomic E-state index is 0.0461. The largest absolute Gasteiger partial charge is 0.481 e. The number of carboxylic acids is 1. The van der Waals surface area contributed by atoms with Crippen LogP contribution < -0.4 is 5.32 Å². The molecule has 0 amide bonds. The molecule has 0 saturated heterocycles. The first-order chi connectivity index (χ1) is 9.16. The Morgan fingerprint density at radius 2 is 2.16 bits per heavy atom. The van der Waals surface area contributed by atoms with Gasteiger partial charge in [-0.05, 0) is 24.3 Å². The van der Waals surface area contributed by atoms with Crippen molar-refractivity contribution in [3.63, 3.8) is 0 Å². The number of thiophene rings is 1. The Morgan fingerprint density at radius 3 is 2.74 bits per heavy atom. The topological polar surface area (TPSA) is 69.6 Å². The lowest BCUT2D eigenvalue weighted by molar-refractivity contribution is -0.138. The smallest absolute Gasteiger partial charge is 0.305 e. The molecular weight excluding hydrogens is 262 g/mol. The van der Waals surface area contributed by atoms with Gasteiger partial charge in [0.05, 0.1) is 6.42 Å². The Balaban J connectivity index is 2.00. The van der Waals surface area contributed by atoms with Crippen molar-refractivity contribution >= 4 is 17.3 Å². The predicted octanol–water partition coefficient (Wildman–Crippen LogP) is 2.55.